The van der Waals surface area contributed by atoms with Crippen LogP contribution in [-0.4, -0.2) is 14.3 Å². The van der Waals surface area contributed by atoms with Gasteiger partial charge in [0.1, 0.15) is 5.76 Å². The number of nitrogens with one attached hydrogen (secondary N) is 1. The molecule has 2 rings (SSSR count). The smallest absolute Gasteiger partial charge is 0.264 e. The summed E-state index contributed by atoms with van der Waals surface area (Å²) in [5.41, 5.74) is 5.91. The summed E-state index contributed by atoms with van der Waals surface area (Å²) in [5, 5.41) is 0. The lowest BCUT2D eigenvalue weighted by Crippen LogP contribution is -2.31. The summed E-state index contributed by atoms with van der Waals surface area (Å²) in [5.74, 6) is -0.267. The van der Waals surface area contributed by atoms with Crippen molar-refractivity contribution in [2.45, 2.75) is 11.3 Å². The Bertz CT molecular complexity index is 660. The molecular formula is C12H12N2O4S. The van der Waals surface area contributed by atoms with Crippen LogP contribution < -0.4 is 10.5 Å². The molecule has 0 spiro atoms. The molecule has 6 nitrogen and oxygen atoms in total. The molecule has 0 aliphatic rings. The van der Waals surface area contributed by atoms with Crippen molar-refractivity contribution in [1.82, 2.24) is 4.72 Å². The molecule has 0 radical (unpaired) electrons. The molecule has 1 aromatic carbocycles. The van der Waals surface area contributed by atoms with Crippen LogP contribution in [0.1, 0.15) is 5.76 Å². The molecule has 0 saturated heterocycles. The van der Waals surface area contributed by atoms with Crippen LogP contribution in [0, 0.1) is 0 Å². The van der Waals surface area contributed by atoms with Crippen LogP contribution in [0.15, 0.2) is 52.0 Å². The normalized spacial score (nSPS) is 11.2. The predicted octanol–water partition coefficient (Wildman–Crippen LogP) is 0.909. The number of sulfonamides is 1. The van der Waals surface area contributed by atoms with E-state index < -0.39 is 15.9 Å². The average molecular weight is 280 g/mol. The van der Waals surface area contributed by atoms with Crippen LogP contribution in [0.2, 0.25) is 0 Å². The monoisotopic (exact) mass is 280 g/mol. The Hall–Kier alpha value is -2.28. The molecule has 19 heavy (non-hydrogen) atoms. The van der Waals surface area contributed by atoms with Crippen molar-refractivity contribution in [1.29, 1.82) is 0 Å². The van der Waals surface area contributed by atoms with Crippen molar-refractivity contribution in [3.8, 4) is 0 Å². The van der Waals surface area contributed by atoms with E-state index in [9.17, 15) is 13.2 Å². The lowest BCUT2D eigenvalue weighted by molar-refractivity contribution is -0.118. The van der Waals surface area contributed by atoms with Crippen molar-refractivity contribution in [2.24, 2.45) is 0 Å². The van der Waals surface area contributed by atoms with Crippen molar-refractivity contribution >= 4 is 21.6 Å². The van der Waals surface area contributed by atoms with Gasteiger partial charge in [-0.05, 0) is 36.4 Å². The number of furan rings is 1. The first-order valence-electron chi connectivity index (χ1n) is 5.41. The first-order chi connectivity index (χ1) is 8.97. The SMILES string of the molecule is Nc1ccc(S(=O)(=O)NC(=O)Cc2ccco2)cc1. The summed E-state index contributed by atoms with van der Waals surface area (Å²) in [7, 11) is -3.88. The van der Waals surface area contributed by atoms with Gasteiger partial charge in [-0.2, -0.15) is 0 Å². The molecule has 0 aliphatic carbocycles. The maximum absolute atomic E-state index is 11.9. The van der Waals surface area contributed by atoms with Crippen LogP contribution in [0.4, 0.5) is 5.69 Å². The second kappa shape index (κ2) is 5.15. The van der Waals surface area contributed by atoms with E-state index in [0.717, 1.165) is 0 Å². The molecule has 2 aromatic rings. The average Bonchev–Trinajstić information content (AvgIpc) is 2.81. The number of nitrogens with two attached hydrogens (primary N) is 1. The molecule has 0 bridgehead atoms. The number of benzene rings is 1. The third-order valence-electron chi connectivity index (χ3n) is 2.35. The van der Waals surface area contributed by atoms with Gasteiger partial charge in [-0.3, -0.25) is 4.79 Å². The largest absolute Gasteiger partial charge is 0.469 e. The van der Waals surface area contributed by atoms with Gasteiger partial charge in [0.15, 0.2) is 0 Å². The second-order valence-corrected chi connectivity index (χ2v) is 5.54. The summed E-state index contributed by atoms with van der Waals surface area (Å²) < 4.78 is 30.7. The quantitative estimate of drug-likeness (QED) is 0.810. The summed E-state index contributed by atoms with van der Waals surface area (Å²) in [6.07, 6.45) is 1.28. The predicted molar refractivity (Wildman–Crippen MR) is 68.6 cm³/mol. The van der Waals surface area contributed by atoms with Gasteiger partial charge in [-0.25, -0.2) is 13.1 Å². The number of hydrogen-bond acceptors (Lipinski definition) is 5. The molecule has 1 aromatic heterocycles. The van der Waals surface area contributed by atoms with Crippen molar-refractivity contribution in [2.75, 3.05) is 5.73 Å². The van der Waals surface area contributed by atoms with Crippen molar-refractivity contribution in [3.05, 3.63) is 48.4 Å². The fourth-order valence-corrected chi connectivity index (χ4v) is 2.45. The number of nitrogen functional groups attached to an aromatic ring is 1. The minimum atomic E-state index is -3.88. The zero-order valence-electron chi connectivity index (χ0n) is 9.87. The minimum absolute atomic E-state index is 0.0190. The molecule has 3 N–H and O–H groups in total. The van der Waals surface area contributed by atoms with E-state index in [1.54, 1.807) is 12.1 Å². The lowest BCUT2D eigenvalue weighted by atomic mass is 10.3. The maximum Gasteiger partial charge on any atom is 0.264 e. The fraction of sp³-hybridized carbons (Fsp3) is 0.0833. The molecule has 7 heteroatoms. The molecule has 0 saturated carbocycles. The highest BCUT2D eigenvalue weighted by Crippen LogP contribution is 2.11. The van der Waals surface area contributed by atoms with Gasteiger partial charge in [0.05, 0.1) is 17.6 Å². The third kappa shape index (κ3) is 3.35. The van der Waals surface area contributed by atoms with Crippen LogP contribution in [-0.2, 0) is 21.2 Å². The molecule has 0 unspecified atom stereocenters. The first kappa shape index (κ1) is 13.2. The molecule has 1 heterocycles. The molecule has 100 valence electrons. The Morgan fingerprint density at radius 1 is 1.21 bits per heavy atom. The number of carbonyl (C=O) groups excluding carboxylic acids is 1. The number of rotatable bonds is 4. The van der Waals surface area contributed by atoms with Gasteiger partial charge in [-0.15, -0.1) is 0 Å². The maximum atomic E-state index is 11.9. The number of amides is 1. The van der Waals surface area contributed by atoms with Gasteiger partial charge in [0.25, 0.3) is 10.0 Å². The summed E-state index contributed by atoms with van der Waals surface area (Å²) in [6.45, 7) is 0. The Balaban J connectivity index is 2.09. The minimum Gasteiger partial charge on any atom is -0.469 e. The van der Waals surface area contributed by atoms with E-state index in [-0.39, 0.29) is 11.3 Å². The van der Waals surface area contributed by atoms with E-state index in [2.05, 4.69) is 0 Å². The van der Waals surface area contributed by atoms with Gasteiger partial charge in [0.2, 0.25) is 5.91 Å². The molecule has 0 fully saturated rings. The molecule has 0 atom stereocenters. The van der Waals surface area contributed by atoms with E-state index in [1.165, 1.54) is 30.5 Å². The Labute approximate surface area is 110 Å². The van der Waals surface area contributed by atoms with Gasteiger partial charge < -0.3 is 10.2 Å². The van der Waals surface area contributed by atoms with Crippen LogP contribution in [0.5, 0.6) is 0 Å². The standard InChI is InChI=1S/C12H12N2O4S/c13-9-3-5-11(6-4-9)19(16,17)14-12(15)8-10-2-1-7-18-10/h1-7H,8,13H2,(H,14,15). The number of hydrogen-bond donors (Lipinski definition) is 2. The second-order valence-electron chi connectivity index (χ2n) is 3.85. The highest BCUT2D eigenvalue weighted by molar-refractivity contribution is 7.90. The Morgan fingerprint density at radius 2 is 1.89 bits per heavy atom. The zero-order valence-corrected chi connectivity index (χ0v) is 10.7. The Kier molecular flexibility index (Phi) is 3.57. The van der Waals surface area contributed by atoms with Crippen molar-refractivity contribution in [3.63, 3.8) is 0 Å². The van der Waals surface area contributed by atoms with E-state index in [4.69, 9.17) is 10.2 Å². The zero-order chi connectivity index (χ0) is 13.9. The molecular weight excluding hydrogens is 268 g/mol. The van der Waals surface area contributed by atoms with Crippen LogP contribution >= 0.6 is 0 Å². The highest BCUT2D eigenvalue weighted by atomic mass is 32.2. The van der Waals surface area contributed by atoms with Crippen LogP contribution in [0.3, 0.4) is 0 Å². The topological polar surface area (TPSA) is 102 Å². The van der Waals surface area contributed by atoms with Gasteiger partial charge >= 0.3 is 0 Å². The third-order valence-corrected chi connectivity index (χ3v) is 3.74. The molecule has 0 aliphatic heterocycles. The number of carbonyl (C=O) groups is 1. The lowest BCUT2D eigenvalue weighted by Gasteiger charge is -2.06. The molecule has 1 amide bonds. The van der Waals surface area contributed by atoms with Crippen LogP contribution in [0.25, 0.3) is 0 Å². The fourth-order valence-electron chi connectivity index (χ4n) is 1.46. The summed E-state index contributed by atoms with van der Waals surface area (Å²) in [6, 6.07) is 8.78. The van der Waals surface area contributed by atoms with E-state index in [0.29, 0.717) is 11.4 Å². The first-order valence-corrected chi connectivity index (χ1v) is 6.89. The van der Waals surface area contributed by atoms with Crippen molar-refractivity contribution < 1.29 is 17.6 Å². The summed E-state index contributed by atoms with van der Waals surface area (Å²) in [4.78, 5) is 11.6. The number of anilines is 1. The van der Waals surface area contributed by atoms with Gasteiger partial charge in [0, 0.05) is 5.69 Å². The highest BCUT2D eigenvalue weighted by Gasteiger charge is 2.18. The van der Waals surface area contributed by atoms with E-state index >= 15 is 0 Å². The van der Waals surface area contributed by atoms with E-state index in [1.807, 2.05) is 4.72 Å². The Morgan fingerprint density at radius 3 is 2.47 bits per heavy atom. The van der Waals surface area contributed by atoms with Gasteiger partial charge in [-0.1, -0.05) is 0 Å². The summed E-state index contributed by atoms with van der Waals surface area (Å²) >= 11 is 0.